The van der Waals surface area contributed by atoms with Crippen molar-refractivity contribution in [1.29, 1.82) is 0 Å². The van der Waals surface area contributed by atoms with E-state index in [0.29, 0.717) is 19.4 Å². The third kappa shape index (κ3) is 2.42. The Morgan fingerprint density at radius 1 is 1.44 bits per heavy atom. The molecule has 5 nitrogen and oxygen atoms in total. The van der Waals surface area contributed by atoms with Gasteiger partial charge in [0.25, 0.3) is 5.91 Å². The zero-order chi connectivity index (χ0) is 13.3. The van der Waals surface area contributed by atoms with Gasteiger partial charge in [0.1, 0.15) is 11.2 Å². The maximum Gasteiger partial charge on any atom is 0.326 e. The van der Waals surface area contributed by atoms with Crippen LogP contribution < -0.4 is 0 Å². The molecule has 18 heavy (non-hydrogen) atoms. The predicted octanol–water partition coefficient (Wildman–Crippen LogP) is 2.08. The van der Waals surface area contributed by atoms with E-state index < -0.39 is 17.9 Å². The average molecular weight is 289 g/mol. The number of halogens is 2. The van der Waals surface area contributed by atoms with Crippen molar-refractivity contribution in [3.8, 4) is 0 Å². The van der Waals surface area contributed by atoms with Crippen molar-refractivity contribution in [2.24, 2.45) is 0 Å². The van der Waals surface area contributed by atoms with Crippen LogP contribution in [0, 0.1) is 0 Å². The summed E-state index contributed by atoms with van der Waals surface area (Å²) in [6, 6.07) is 0.559. The number of carbonyl (C=O) groups is 2. The van der Waals surface area contributed by atoms with Gasteiger partial charge in [0.2, 0.25) is 0 Å². The molecule has 7 heteroatoms. The zero-order valence-electron chi connectivity index (χ0n) is 9.27. The van der Waals surface area contributed by atoms with Crippen LogP contribution in [0.25, 0.3) is 0 Å². The largest absolute Gasteiger partial charge is 0.480 e. The Kier molecular flexibility index (Phi) is 3.73. The molecule has 0 aliphatic carbocycles. The van der Waals surface area contributed by atoms with Gasteiger partial charge < -0.3 is 10.0 Å². The second-order valence-corrected chi connectivity index (χ2v) is 4.78. The highest BCUT2D eigenvalue weighted by molar-refractivity contribution is 6.35. The van der Waals surface area contributed by atoms with E-state index in [1.807, 2.05) is 0 Å². The van der Waals surface area contributed by atoms with Gasteiger partial charge in [-0.05, 0) is 18.9 Å². The van der Waals surface area contributed by atoms with E-state index in [1.165, 1.54) is 17.2 Å². The van der Waals surface area contributed by atoms with Crippen LogP contribution in [0.15, 0.2) is 12.3 Å². The average Bonchev–Trinajstić information content (AvgIpc) is 2.80. The smallest absolute Gasteiger partial charge is 0.326 e. The molecule has 0 aromatic carbocycles. The van der Waals surface area contributed by atoms with Crippen LogP contribution in [0.1, 0.15) is 23.2 Å². The van der Waals surface area contributed by atoms with E-state index in [1.54, 1.807) is 0 Å². The molecule has 1 atom stereocenters. The molecule has 0 saturated carbocycles. The van der Waals surface area contributed by atoms with Crippen LogP contribution in [0.4, 0.5) is 0 Å². The highest BCUT2D eigenvalue weighted by Gasteiger charge is 2.35. The van der Waals surface area contributed by atoms with E-state index in [4.69, 9.17) is 28.3 Å². The summed E-state index contributed by atoms with van der Waals surface area (Å²) >= 11 is 11.6. The highest BCUT2D eigenvalue weighted by atomic mass is 35.5. The summed E-state index contributed by atoms with van der Waals surface area (Å²) in [7, 11) is 0. The number of carbonyl (C=O) groups excluding carboxylic acids is 1. The van der Waals surface area contributed by atoms with E-state index >= 15 is 0 Å². The summed E-state index contributed by atoms with van der Waals surface area (Å²) in [5.74, 6) is -1.42. The summed E-state index contributed by atoms with van der Waals surface area (Å²) in [6.45, 7) is 0.409. The van der Waals surface area contributed by atoms with Gasteiger partial charge in [-0.1, -0.05) is 23.2 Å². The number of nitrogens with zero attached hydrogens (tertiary/aromatic N) is 2. The predicted molar refractivity (Wildman–Crippen MR) is 66.0 cm³/mol. The Hall–Kier alpha value is -1.33. The lowest BCUT2D eigenvalue weighted by Crippen LogP contribution is -2.40. The Balaban J connectivity index is 2.31. The summed E-state index contributed by atoms with van der Waals surface area (Å²) in [4.78, 5) is 28.3. The minimum Gasteiger partial charge on any atom is -0.480 e. The van der Waals surface area contributed by atoms with Crippen LogP contribution >= 0.6 is 23.2 Å². The number of hydrogen-bond acceptors (Lipinski definition) is 3. The molecule has 96 valence electrons. The van der Waals surface area contributed by atoms with Crippen molar-refractivity contribution < 1.29 is 14.7 Å². The van der Waals surface area contributed by atoms with Gasteiger partial charge in [0.05, 0.1) is 10.6 Å². The maximum atomic E-state index is 12.2. The van der Waals surface area contributed by atoms with Gasteiger partial charge >= 0.3 is 5.97 Å². The molecule has 0 radical (unpaired) electrons. The van der Waals surface area contributed by atoms with Gasteiger partial charge in [-0.2, -0.15) is 0 Å². The molecule has 1 fully saturated rings. The van der Waals surface area contributed by atoms with Crippen molar-refractivity contribution in [2.45, 2.75) is 18.9 Å². The lowest BCUT2D eigenvalue weighted by molar-refractivity contribution is -0.141. The fourth-order valence-electron chi connectivity index (χ4n) is 2.00. The Labute approximate surface area is 113 Å². The first-order valence-electron chi connectivity index (χ1n) is 5.35. The SMILES string of the molecule is O=C(O)[C@H]1CCCN1C(=O)c1cc(Cl)ncc1Cl. The molecule has 2 heterocycles. The van der Waals surface area contributed by atoms with Crippen LogP contribution in [0.2, 0.25) is 10.2 Å². The third-order valence-electron chi connectivity index (χ3n) is 2.85. The normalized spacial score (nSPS) is 19.0. The first kappa shape index (κ1) is 13.1. The van der Waals surface area contributed by atoms with Crippen molar-refractivity contribution in [3.05, 3.63) is 28.0 Å². The number of carboxylic acids is 1. The molecule has 1 aromatic heterocycles. The lowest BCUT2D eigenvalue weighted by Gasteiger charge is -2.21. The topological polar surface area (TPSA) is 70.5 Å². The molecule has 1 aliphatic heterocycles. The summed E-state index contributed by atoms with van der Waals surface area (Å²) in [6.07, 6.45) is 2.40. The van der Waals surface area contributed by atoms with Gasteiger partial charge in [-0.3, -0.25) is 4.79 Å². The molecular formula is C11H10Cl2N2O3. The summed E-state index contributed by atoms with van der Waals surface area (Å²) in [5.41, 5.74) is 0.185. The first-order chi connectivity index (χ1) is 8.50. The monoisotopic (exact) mass is 288 g/mol. The zero-order valence-corrected chi connectivity index (χ0v) is 10.8. The minimum atomic E-state index is -1.00. The van der Waals surface area contributed by atoms with Gasteiger partial charge in [0.15, 0.2) is 0 Å². The first-order valence-corrected chi connectivity index (χ1v) is 6.11. The van der Waals surface area contributed by atoms with Crippen molar-refractivity contribution >= 4 is 35.1 Å². The standard InChI is InChI=1S/C11H10Cl2N2O3/c12-7-5-14-9(13)4-6(7)10(16)15-3-1-2-8(15)11(17)18/h4-5,8H,1-3H2,(H,17,18)/t8-/m1/s1. The van der Waals surface area contributed by atoms with E-state index in [2.05, 4.69) is 4.98 Å². The fraction of sp³-hybridized carbons (Fsp3) is 0.364. The number of hydrogen-bond donors (Lipinski definition) is 1. The number of aliphatic carboxylic acids is 1. The number of likely N-dealkylation sites (tertiary alicyclic amines) is 1. The lowest BCUT2D eigenvalue weighted by atomic mass is 10.2. The second-order valence-electron chi connectivity index (χ2n) is 3.98. The maximum absolute atomic E-state index is 12.2. The number of pyridine rings is 1. The molecule has 1 aliphatic rings. The van der Waals surface area contributed by atoms with Crippen LogP contribution in [0.3, 0.4) is 0 Å². The molecule has 1 N–H and O–H groups in total. The third-order valence-corrected chi connectivity index (χ3v) is 3.36. The van der Waals surface area contributed by atoms with E-state index in [9.17, 15) is 9.59 Å². The highest BCUT2D eigenvalue weighted by Crippen LogP contribution is 2.25. The molecular weight excluding hydrogens is 279 g/mol. The Bertz CT molecular complexity index is 507. The number of amides is 1. The molecule has 1 aromatic rings. The van der Waals surface area contributed by atoms with E-state index in [-0.39, 0.29) is 15.7 Å². The minimum absolute atomic E-state index is 0.147. The van der Waals surface area contributed by atoms with Crippen molar-refractivity contribution in [1.82, 2.24) is 9.88 Å². The summed E-state index contributed by atoms with van der Waals surface area (Å²) in [5, 5.41) is 9.35. The van der Waals surface area contributed by atoms with Crippen LogP contribution in [-0.4, -0.2) is 39.5 Å². The number of rotatable bonds is 2. The molecule has 1 amide bonds. The summed E-state index contributed by atoms with van der Waals surface area (Å²) < 4.78 is 0. The van der Waals surface area contributed by atoms with Crippen molar-refractivity contribution in [2.75, 3.05) is 6.54 Å². The molecule has 0 unspecified atom stereocenters. The van der Waals surface area contributed by atoms with Gasteiger partial charge in [0, 0.05) is 12.7 Å². The van der Waals surface area contributed by atoms with Crippen LogP contribution in [0.5, 0.6) is 0 Å². The number of aromatic nitrogens is 1. The van der Waals surface area contributed by atoms with E-state index in [0.717, 1.165) is 0 Å². The molecule has 2 rings (SSSR count). The number of carboxylic acid groups (broad SMARTS) is 1. The van der Waals surface area contributed by atoms with Crippen LogP contribution in [-0.2, 0) is 4.79 Å². The second kappa shape index (κ2) is 5.12. The van der Waals surface area contributed by atoms with Gasteiger partial charge in [-0.25, -0.2) is 9.78 Å². The Morgan fingerprint density at radius 2 is 2.17 bits per heavy atom. The molecule has 1 saturated heterocycles. The molecule has 0 spiro atoms. The van der Waals surface area contributed by atoms with Crippen molar-refractivity contribution in [3.63, 3.8) is 0 Å². The molecule has 0 bridgehead atoms. The van der Waals surface area contributed by atoms with Gasteiger partial charge in [-0.15, -0.1) is 0 Å². The fourth-order valence-corrected chi connectivity index (χ4v) is 2.34. The quantitative estimate of drug-likeness (QED) is 0.846. The Morgan fingerprint density at radius 3 is 2.83 bits per heavy atom.